The van der Waals surface area contributed by atoms with Crippen molar-refractivity contribution in [2.45, 2.75) is 19.4 Å². The molecule has 0 saturated heterocycles. The highest BCUT2D eigenvalue weighted by atomic mass is 16.2. The van der Waals surface area contributed by atoms with Crippen molar-refractivity contribution < 1.29 is 4.79 Å². The van der Waals surface area contributed by atoms with E-state index in [-0.39, 0.29) is 11.5 Å². The summed E-state index contributed by atoms with van der Waals surface area (Å²) in [5.41, 5.74) is 1.97. The van der Waals surface area contributed by atoms with Crippen LogP contribution < -0.4 is 10.9 Å². The summed E-state index contributed by atoms with van der Waals surface area (Å²) >= 11 is 0. The third kappa shape index (κ3) is 3.37. The number of hydrogen-bond acceptors (Lipinski definition) is 6. The van der Waals surface area contributed by atoms with E-state index < -0.39 is 5.92 Å². The highest BCUT2D eigenvalue weighted by Gasteiger charge is 2.20. The molecule has 0 spiro atoms. The second-order valence-electron chi connectivity index (χ2n) is 6.36. The molecule has 1 atom stereocenters. The molecule has 140 valence electrons. The minimum atomic E-state index is -0.526. The third-order valence-electron chi connectivity index (χ3n) is 4.53. The summed E-state index contributed by atoms with van der Waals surface area (Å²) < 4.78 is 0. The maximum absolute atomic E-state index is 12.7. The van der Waals surface area contributed by atoms with Crippen LogP contribution in [0.4, 0.5) is 0 Å². The van der Waals surface area contributed by atoms with E-state index in [1.165, 1.54) is 0 Å². The van der Waals surface area contributed by atoms with E-state index in [2.05, 4.69) is 36.1 Å². The molecule has 4 aromatic rings. The van der Waals surface area contributed by atoms with Crippen LogP contribution >= 0.6 is 0 Å². The van der Waals surface area contributed by atoms with Crippen LogP contribution in [0.15, 0.2) is 53.3 Å². The predicted molar refractivity (Wildman–Crippen MR) is 102 cm³/mol. The van der Waals surface area contributed by atoms with Gasteiger partial charge in [-0.1, -0.05) is 36.4 Å². The van der Waals surface area contributed by atoms with Crippen LogP contribution in [0.1, 0.15) is 24.1 Å². The van der Waals surface area contributed by atoms with Crippen molar-refractivity contribution in [3.05, 3.63) is 70.1 Å². The molecule has 0 aliphatic rings. The van der Waals surface area contributed by atoms with Crippen LogP contribution in [-0.2, 0) is 11.3 Å². The minimum Gasteiger partial charge on any atom is -0.351 e. The van der Waals surface area contributed by atoms with Crippen LogP contribution in [-0.4, -0.2) is 36.7 Å². The zero-order chi connectivity index (χ0) is 19.5. The smallest absolute Gasteiger partial charge is 0.272 e. The highest BCUT2D eigenvalue weighted by molar-refractivity contribution is 5.90. The standard InChI is InChI=1S/C19H17N7O2/c1-11(16-14-7-2-3-8-15(14)19(28)24-21-16)18(27)20-10-12-5-4-6-13(9-12)17-22-25-26-23-17/h2-9,11H,10H2,1H3,(H,20,27)(H,24,28)(H,22,23,25,26)/t11-/m0/s1. The van der Waals surface area contributed by atoms with Gasteiger partial charge in [-0.25, -0.2) is 5.10 Å². The molecule has 9 nitrogen and oxygen atoms in total. The fourth-order valence-corrected chi connectivity index (χ4v) is 3.04. The fraction of sp³-hybridized carbons (Fsp3) is 0.158. The number of aromatic nitrogens is 6. The fourth-order valence-electron chi connectivity index (χ4n) is 3.04. The molecular weight excluding hydrogens is 358 g/mol. The largest absolute Gasteiger partial charge is 0.351 e. The van der Waals surface area contributed by atoms with Crippen molar-refractivity contribution in [2.75, 3.05) is 0 Å². The summed E-state index contributed by atoms with van der Waals surface area (Å²) in [4.78, 5) is 24.6. The van der Waals surface area contributed by atoms with E-state index in [9.17, 15) is 9.59 Å². The molecule has 2 aromatic carbocycles. The Balaban J connectivity index is 1.51. The summed E-state index contributed by atoms with van der Waals surface area (Å²) in [6.07, 6.45) is 0. The number of rotatable bonds is 5. The van der Waals surface area contributed by atoms with Crippen molar-refractivity contribution in [1.82, 2.24) is 36.1 Å². The number of nitrogens with zero attached hydrogens (tertiary/aromatic N) is 4. The molecule has 2 heterocycles. The van der Waals surface area contributed by atoms with Gasteiger partial charge in [-0.15, -0.1) is 10.2 Å². The van der Waals surface area contributed by atoms with Gasteiger partial charge in [-0.2, -0.15) is 10.3 Å². The lowest BCUT2D eigenvalue weighted by molar-refractivity contribution is -0.122. The number of amides is 1. The predicted octanol–water partition coefficient (Wildman–Crippen LogP) is 1.52. The first-order valence-electron chi connectivity index (χ1n) is 8.71. The van der Waals surface area contributed by atoms with Crippen molar-refractivity contribution >= 4 is 16.7 Å². The zero-order valence-corrected chi connectivity index (χ0v) is 15.0. The molecule has 0 fully saturated rings. The lowest BCUT2D eigenvalue weighted by Crippen LogP contribution is -2.29. The van der Waals surface area contributed by atoms with Crippen molar-refractivity contribution in [1.29, 1.82) is 0 Å². The topological polar surface area (TPSA) is 129 Å². The van der Waals surface area contributed by atoms with Gasteiger partial charge in [0.25, 0.3) is 5.56 Å². The normalized spacial score (nSPS) is 12.0. The molecule has 0 unspecified atom stereocenters. The number of carbonyl (C=O) groups is 1. The molecule has 3 N–H and O–H groups in total. The van der Waals surface area contributed by atoms with E-state index in [0.29, 0.717) is 28.8 Å². The molecular formula is C19H17N7O2. The van der Waals surface area contributed by atoms with E-state index in [1.807, 2.05) is 30.3 Å². The summed E-state index contributed by atoms with van der Waals surface area (Å²) in [5, 5.41) is 24.6. The first-order chi connectivity index (χ1) is 13.6. The summed E-state index contributed by atoms with van der Waals surface area (Å²) in [6.45, 7) is 2.11. The van der Waals surface area contributed by atoms with Gasteiger partial charge in [-0.05, 0) is 29.8 Å². The number of carbonyl (C=O) groups excluding carboxylic acids is 1. The number of H-pyrrole nitrogens is 2. The first kappa shape index (κ1) is 17.5. The molecule has 0 bridgehead atoms. The second-order valence-corrected chi connectivity index (χ2v) is 6.36. The number of hydrogen-bond donors (Lipinski definition) is 3. The van der Waals surface area contributed by atoms with Gasteiger partial charge >= 0.3 is 0 Å². The summed E-state index contributed by atoms with van der Waals surface area (Å²) in [7, 11) is 0. The van der Waals surface area contributed by atoms with Gasteiger partial charge in [0.15, 0.2) is 0 Å². The Bertz CT molecular complexity index is 1180. The van der Waals surface area contributed by atoms with Crippen molar-refractivity contribution in [3.63, 3.8) is 0 Å². The van der Waals surface area contributed by atoms with Gasteiger partial charge in [0.05, 0.1) is 17.0 Å². The lowest BCUT2D eigenvalue weighted by Gasteiger charge is -2.13. The van der Waals surface area contributed by atoms with Crippen molar-refractivity contribution in [3.8, 4) is 11.4 Å². The molecule has 0 radical (unpaired) electrons. The Labute approximate surface area is 159 Å². The Hall–Kier alpha value is -3.88. The molecule has 0 aliphatic carbocycles. The maximum atomic E-state index is 12.7. The van der Waals surface area contributed by atoms with Gasteiger partial charge in [-0.3, -0.25) is 9.59 Å². The van der Waals surface area contributed by atoms with Crippen LogP contribution in [0.25, 0.3) is 22.2 Å². The number of fused-ring (bicyclic) bond motifs is 1. The summed E-state index contributed by atoms with van der Waals surface area (Å²) in [6, 6.07) is 14.6. The minimum absolute atomic E-state index is 0.185. The first-order valence-corrected chi connectivity index (χ1v) is 8.71. The highest BCUT2D eigenvalue weighted by Crippen LogP contribution is 2.21. The maximum Gasteiger partial charge on any atom is 0.272 e. The molecule has 2 aromatic heterocycles. The number of benzene rings is 2. The summed E-state index contributed by atoms with van der Waals surface area (Å²) in [5.74, 6) is -0.220. The van der Waals surface area contributed by atoms with Crippen molar-refractivity contribution in [2.24, 2.45) is 0 Å². The zero-order valence-electron chi connectivity index (χ0n) is 15.0. The van der Waals surface area contributed by atoms with E-state index >= 15 is 0 Å². The second kappa shape index (κ2) is 7.39. The quantitative estimate of drug-likeness (QED) is 0.485. The Kier molecular flexibility index (Phi) is 4.63. The molecule has 28 heavy (non-hydrogen) atoms. The average Bonchev–Trinajstić information content (AvgIpc) is 3.27. The lowest BCUT2D eigenvalue weighted by atomic mass is 10.0. The molecule has 0 saturated carbocycles. The van der Waals surface area contributed by atoms with E-state index in [0.717, 1.165) is 11.1 Å². The SMILES string of the molecule is C[C@H](C(=O)NCc1cccc(-c2nn[nH]n2)c1)c1n[nH]c(=O)c2ccccc12. The molecule has 0 aliphatic heterocycles. The molecule has 1 amide bonds. The van der Waals surface area contributed by atoms with Gasteiger partial charge in [0.1, 0.15) is 0 Å². The molecule has 9 heteroatoms. The Morgan fingerprint density at radius 1 is 1.11 bits per heavy atom. The number of tetrazole rings is 1. The van der Waals surface area contributed by atoms with Gasteiger partial charge in [0, 0.05) is 17.5 Å². The van der Waals surface area contributed by atoms with Crippen LogP contribution in [0, 0.1) is 0 Å². The monoisotopic (exact) mass is 375 g/mol. The van der Waals surface area contributed by atoms with Gasteiger partial charge in [0.2, 0.25) is 11.7 Å². The average molecular weight is 375 g/mol. The van der Waals surface area contributed by atoms with Crippen LogP contribution in [0.2, 0.25) is 0 Å². The van der Waals surface area contributed by atoms with Crippen LogP contribution in [0.3, 0.4) is 0 Å². The van der Waals surface area contributed by atoms with E-state index in [1.54, 1.807) is 25.1 Å². The van der Waals surface area contributed by atoms with Crippen LogP contribution in [0.5, 0.6) is 0 Å². The molecule has 4 rings (SSSR count). The Morgan fingerprint density at radius 2 is 1.93 bits per heavy atom. The third-order valence-corrected chi connectivity index (χ3v) is 4.53. The number of aromatic amines is 2. The van der Waals surface area contributed by atoms with Gasteiger partial charge < -0.3 is 5.32 Å². The van der Waals surface area contributed by atoms with E-state index in [4.69, 9.17) is 0 Å². The number of nitrogens with one attached hydrogen (secondary N) is 3. The Morgan fingerprint density at radius 3 is 2.71 bits per heavy atom.